The normalized spacial score (nSPS) is 19.8. The first-order valence-corrected chi connectivity index (χ1v) is 10.8. The number of benzene rings is 2. The summed E-state index contributed by atoms with van der Waals surface area (Å²) in [6.07, 6.45) is 0.378. The lowest BCUT2D eigenvalue weighted by atomic mass is 9.88. The number of para-hydroxylation sites is 2. The van der Waals surface area contributed by atoms with Crippen molar-refractivity contribution in [2.45, 2.75) is 18.4 Å². The Hall–Kier alpha value is -2.87. The summed E-state index contributed by atoms with van der Waals surface area (Å²) in [5.41, 5.74) is 1.35. The molecule has 1 atom stereocenters. The van der Waals surface area contributed by atoms with E-state index in [1.54, 1.807) is 24.3 Å². The van der Waals surface area contributed by atoms with Crippen LogP contribution in [0.4, 0.5) is 0 Å². The Labute approximate surface area is 162 Å². The molecule has 7 nitrogen and oxygen atoms in total. The summed E-state index contributed by atoms with van der Waals surface area (Å²) in [4.78, 5) is 24.9. The standard InChI is InChI=1S/C20H19NO6S/c22-18(21-13-9-10-28(24,25)12-13)11-26-20(23)19-14-5-1-3-7-16(14)27-17-8-4-2-6-15(17)19/h1-8,13,19H,9-12H2,(H,21,22)/t13-/m0/s1. The molecule has 2 aromatic carbocycles. The van der Waals surface area contributed by atoms with E-state index in [1.807, 2.05) is 24.3 Å². The van der Waals surface area contributed by atoms with Crippen LogP contribution in [0.1, 0.15) is 23.5 Å². The van der Waals surface area contributed by atoms with Crippen molar-refractivity contribution < 1.29 is 27.5 Å². The summed E-state index contributed by atoms with van der Waals surface area (Å²) < 4.78 is 34.1. The van der Waals surface area contributed by atoms with Gasteiger partial charge < -0.3 is 14.8 Å². The molecule has 2 aliphatic heterocycles. The average Bonchev–Trinajstić information content (AvgIpc) is 3.02. The third kappa shape index (κ3) is 3.73. The van der Waals surface area contributed by atoms with Gasteiger partial charge in [-0.2, -0.15) is 0 Å². The molecule has 146 valence electrons. The molecular weight excluding hydrogens is 382 g/mol. The van der Waals surface area contributed by atoms with Crippen LogP contribution in [0, 0.1) is 0 Å². The van der Waals surface area contributed by atoms with Crippen molar-refractivity contribution in [1.29, 1.82) is 0 Å². The second-order valence-corrected chi connectivity index (χ2v) is 9.11. The van der Waals surface area contributed by atoms with Gasteiger partial charge in [-0.3, -0.25) is 9.59 Å². The number of hydrogen-bond donors (Lipinski definition) is 1. The Balaban J connectivity index is 1.46. The maximum atomic E-state index is 12.8. The van der Waals surface area contributed by atoms with Gasteiger partial charge >= 0.3 is 5.97 Å². The maximum Gasteiger partial charge on any atom is 0.318 e. The van der Waals surface area contributed by atoms with Crippen molar-refractivity contribution in [2.24, 2.45) is 0 Å². The zero-order chi connectivity index (χ0) is 19.7. The number of sulfone groups is 1. The van der Waals surface area contributed by atoms with Gasteiger partial charge in [-0.1, -0.05) is 36.4 Å². The third-order valence-electron chi connectivity index (χ3n) is 4.86. The molecule has 4 rings (SSSR count). The van der Waals surface area contributed by atoms with Gasteiger partial charge in [-0.25, -0.2) is 8.42 Å². The monoisotopic (exact) mass is 401 g/mol. The maximum absolute atomic E-state index is 12.8. The fraction of sp³-hybridized carbons (Fsp3) is 0.300. The van der Waals surface area contributed by atoms with Gasteiger partial charge in [0.05, 0.1) is 11.5 Å². The van der Waals surface area contributed by atoms with E-state index in [0.29, 0.717) is 29.0 Å². The van der Waals surface area contributed by atoms with Crippen LogP contribution in [-0.2, 0) is 24.2 Å². The molecule has 2 heterocycles. The minimum Gasteiger partial charge on any atom is -0.457 e. The van der Waals surface area contributed by atoms with Gasteiger partial charge in [-0.15, -0.1) is 0 Å². The molecule has 1 saturated heterocycles. The smallest absolute Gasteiger partial charge is 0.318 e. The quantitative estimate of drug-likeness (QED) is 0.784. The van der Waals surface area contributed by atoms with Crippen LogP contribution >= 0.6 is 0 Å². The molecule has 0 aromatic heterocycles. The highest BCUT2D eigenvalue weighted by atomic mass is 32.2. The molecule has 28 heavy (non-hydrogen) atoms. The van der Waals surface area contributed by atoms with Gasteiger partial charge in [0.1, 0.15) is 17.4 Å². The fourth-order valence-corrected chi connectivity index (χ4v) is 5.24. The Kier molecular flexibility index (Phi) is 4.80. The number of amides is 1. The topological polar surface area (TPSA) is 98.8 Å². The zero-order valence-corrected chi connectivity index (χ0v) is 15.8. The summed E-state index contributed by atoms with van der Waals surface area (Å²) in [5.74, 6) is -0.629. The zero-order valence-electron chi connectivity index (χ0n) is 15.0. The van der Waals surface area contributed by atoms with Crippen LogP contribution in [0.2, 0.25) is 0 Å². The molecule has 0 spiro atoms. The van der Waals surface area contributed by atoms with E-state index in [0.717, 1.165) is 0 Å². The van der Waals surface area contributed by atoms with Crippen molar-refractivity contribution >= 4 is 21.7 Å². The van der Waals surface area contributed by atoms with E-state index in [4.69, 9.17) is 9.47 Å². The number of hydrogen-bond acceptors (Lipinski definition) is 6. The summed E-state index contributed by atoms with van der Waals surface area (Å²) in [5, 5.41) is 2.61. The number of rotatable bonds is 4. The highest BCUT2D eigenvalue weighted by Gasteiger charge is 2.34. The first-order chi connectivity index (χ1) is 13.4. The summed E-state index contributed by atoms with van der Waals surface area (Å²) in [6.45, 7) is -0.461. The van der Waals surface area contributed by atoms with E-state index >= 15 is 0 Å². The molecule has 8 heteroatoms. The molecule has 0 saturated carbocycles. The van der Waals surface area contributed by atoms with Gasteiger partial charge in [0.2, 0.25) is 0 Å². The van der Waals surface area contributed by atoms with Crippen molar-refractivity contribution in [3.05, 3.63) is 59.7 Å². The molecule has 0 bridgehead atoms. The largest absolute Gasteiger partial charge is 0.457 e. The highest BCUT2D eigenvalue weighted by molar-refractivity contribution is 7.91. The second kappa shape index (κ2) is 7.27. The van der Waals surface area contributed by atoms with Gasteiger partial charge in [0.25, 0.3) is 5.91 Å². The van der Waals surface area contributed by atoms with E-state index in [-0.39, 0.29) is 11.5 Å². The van der Waals surface area contributed by atoms with Crippen LogP contribution in [0.5, 0.6) is 11.5 Å². The van der Waals surface area contributed by atoms with Gasteiger partial charge in [0.15, 0.2) is 16.4 Å². The summed E-state index contributed by atoms with van der Waals surface area (Å²) in [6, 6.07) is 14.0. The lowest BCUT2D eigenvalue weighted by Gasteiger charge is -2.26. The van der Waals surface area contributed by atoms with Crippen molar-refractivity contribution in [3.8, 4) is 11.5 Å². The van der Waals surface area contributed by atoms with Crippen molar-refractivity contribution in [3.63, 3.8) is 0 Å². The predicted molar refractivity (Wildman–Crippen MR) is 101 cm³/mol. The molecule has 2 aromatic rings. The number of esters is 1. The van der Waals surface area contributed by atoms with Crippen molar-refractivity contribution in [1.82, 2.24) is 5.32 Å². The molecule has 0 aliphatic carbocycles. The van der Waals surface area contributed by atoms with Crippen LogP contribution in [0.3, 0.4) is 0 Å². The SMILES string of the molecule is O=C(COC(=O)C1c2ccccc2Oc2ccccc21)N[C@H]1CCS(=O)(=O)C1. The lowest BCUT2D eigenvalue weighted by Crippen LogP contribution is -2.38. The summed E-state index contributed by atoms with van der Waals surface area (Å²) >= 11 is 0. The lowest BCUT2D eigenvalue weighted by molar-refractivity contribution is -0.149. The number of ether oxygens (including phenoxy) is 2. The molecule has 1 amide bonds. The average molecular weight is 401 g/mol. The summed E-state index contributed by atoms with van der Waals surface area (Å²) in [7, 11) is -3.09. The number of nitrogens with one attached hydrogen (secondary N) is 1. The Bertz CT molecular complexity index is 987. The molecular formula is C20H19NO6S. The molecule has 0 radical (unpaired) electrons. The minimum absolute atomic E-state index is 0.0629. The Morgan fingerprint density at radius 2 is 1.64 bits per heavy atom. The first kappa shape index (κ1) is 18.5. The van der Waals surface area contributed by atoms with E-state index in [1.165, 1.54) is 0 Å². The molecule has 1 fully saturated rings. The Morgan fingerprint density at radius 1 is 1.04 bits per heavy atom. The first-order valence-electron chi connectivity index (χ1n) is 8.95. The number of fused-ring (bicyclic) bond motifs is 2. The highest BCUT2D eigenvalue weighted by Crippen LogP contribution is 2.44. The molecule has 2 aliphatic rings. The van der Waals surface area contributed by atoms with Gasteiger partial charge in [0, 0.05) is 17.2 Å². The third-order valence-corrected chi connectivity index (χ3v) is 6.63. The van der Waals surface area contributed by atoms with Crippen molar-refractivity contribution in [2.75, 3.05) is 18.1 Å². The van der Waals surface area contributed by atoms with Gasteiger partial charge in [-0.05, 0) is 18.6 Å². The Morgan fingerprint density at radius 3 is 2.21 bits per heavy atom. The predicted octanol–water partition coefficient (Wildman–Crippen LogP) is 1.77. The van der Waals surface area contributed by atoms with Crippen LogP contribution in [0.15, 0.2) is 48.5 Å². The minimum atomic E-state index is -3.09. The second-order valence-electron chi connectivity index (χ2n) is 6.89. The van der Waals surface area contributed by atoms with Crippen LogP contribution in [0.25, 0.3) is 0 Å². The molecule has 0 unspecified atom stereocenters. The van der Waals surface area contributed by atoms with Crippen LogP contribution in [-0.4, -0.2) is 44.4 Å². The number of carbonyl (C=O) groups excluding carboxylic acids is 2. The van der Waals surface area contributed by atoms with E-state index < -0.39 is 40.3 Å². The van der Waals surface area contributed by atoms with E-state index in [9.17, 15) is 18.0 Å². The number of carbonyl (C=O) groups is 2. The van der Waals surface area contributed by atoms with Crippen LogP contribution < -0.4 is 10.1 Å². The van der Waals surface area contributed by atoms with E-state index in [2.05, 4.69) is 5.32 Å². The fourth-order valence-electron chi connectivity index (χ4n) is 3.56. The molecule has 1 N–H and O–H groups in total.